The van der Waals surface area contributed by atoms with Crippen LogP contribution in [0.15, 0.2) is 53.1 Å². The van der Waals surface area contributed by atoms with Gasteiger partial charge in [-0.1, -0.05) is 54.9 Å². The molecule has 1 aliphatic heterocycles. The van der Waals surface area contributed by atoms with E-state index in [2.05, 4.69) is 52.4 Å². The van der Waals surface area contributed by atoms with Gasteiger partial charge in [-0.2, -0.15) is 4.98 Å². The van der Waals surface area contributed by atoms with Crippen molar-refractivity contribution in [3.63, 3.8) is 0 Å². The van der Waals surface area contributed by atoms with Gasteiger partial charge in [0.05, 0.1) is 6.54 Å². The summed E-state index contributed by atoms with van der Waals surface area (Å²) < 4.78 is 5.46. The standard InChI is InChI=1S/C25H30N4O2/c1-17(2)19-7-9-22(10-8-19)26-25(30)20-11-13-29(14-12-20)16-23-27-24(28-31-23)21-6-4-5-18(3)15-21/h4-10,15,17,20H,11-14,16H2,1-3H3,(H,26,30). The van der Waals surface area contributed by atoms with E-state index in [1.54, 1.807) is 0 Å². The second-order valence-electron chi connectivity index (χ2n) is 8.70. The van der Waals surface area contributed by atoms with Gasteiger partial charge in [-0.15, -0.1) is 0 Å². The summed E-state index contributed by atoms with van der Waals surface area (Å²) in [6, 6.07) is 16.2. The number of aromatic nitrogens is 2. The van der Waals surface area contributed by atoms with Crippen molar-refractivity contribution in [3.8, 4) is 11.4 Å². The van der Waals surface area contributed by atoms with Gasteiger partial charge in [0.1, 0.15) is 0 Å². The Bertz CT molecular complexity index is 1020. The Labute approximate surface area is 183 Å². The highest BCUT2D eigenvalue weighted by Crippen LogP contribution is 2.23. The average Bonchev–Trinajstić information content (AvgIpc) is 3.23. The molecule has 0 saturated carbocycles. The predicted molar refractivity (Wildman–Crippen MR) is 122 cm³/mol. The fourth-order valence-electron chi connectivity index (χ4n) is 3.96. The largest absolute Gasteiger partial charge is 0.338 e. The van der Waals surface area contributed by atoms with E-state index in [1.807, 2.05) is 37.3 Å². The molecule has 1 N–H and O–H groups in total. The molecular formula is C25H30N4O2. The maximum absolute atomic E-state index is 12.7. The number of amides is 1. The third kappa shape index (κ3) is 5.39. The maximum atomic E-state index is 12.7. The third-order valence-corrected chi connectivity index (χ3v) is 5.91. The van der Waals surface area contributed by atoms with E-state index in [9.17, 15) is 4.79 Å². The Morgan fingerprint density at radius 1 is 1.16 bits per heavy atom. The molecule has 3 aromatic rings. The van der Waals surface area contributed by atoms with Crippen molar-refractivity contribution in [2.45, 2.75) is 46.1 Å². The number of carbonyl (C=O) groups excluding carboxylic acids is 1. The second kappa shape index (κ2) is 9.43. The van der Waals surface area contributed by atoms with Gasteiger partial charge in [0.2, 0.25) is 17.6 Å². The number of carbonyl (C=O) groups is 1. The number of likely N-dealkylation sites (tertiary alicyclic amines) is 1. The van der Waals surface area contributed by atoms with Gasteiger partial charge in [-0.05, 0) is 62.5 Å². The molecule has 0 atom stereocenters. The lowest BCUT2D eigenvalue weighted by Crippen LogP contribution is -2.37. The summed E-state index contributed by atoms with van der Waals surface area (Å²) in [4.78, 5) is 19.5. The zero-order valence-electron chi connectivity index (χ0n) is 18.5. The van der Waals surface area contributed by atoms with E-state index in [0.717, 1.165) is 37.2 Å². The van der Waals surface area contributed by atoms with Gasteiger partial charge in [0.25, 0.3) is 0 Å². The van der Waals surface area contributed by atoms with Gasteiger partial charge >= 0.3 is 0 Å². The van der Waals surface area contributed by atoms with E-state index in [1.165, 1.54) is 11.1 Å². The number of nitrogens with zero attached hydrogens (tertiary/aromatic N) is 3. The number of hydrogen-bond acceptors (Lipinski definition) is 5. The highest BCUT2D eigenvalue weighted by Gasteiger charge is 2.26. The van der Waals surface area contributed by atoms with E-state index >= 15 is 0 Å². The van der Waals surface area contributed by atoms with Crippen LogP contribution in [-0.4, -0.2) is 34.0 Å². The lowest BCUT2D eigenvalue weighted by molar-refractivity contribution is -0.121. The predicted octanol–water partition coefficient (Wildman–Crippen LogP) is 5.02. The van der Waals surface area contributed by atoms with Gasteiger partial charge in [0, 0.05) is 17.2 Å². The first-order valence-corrected chi connectivity index (χ1v) is 11.0. The summed E-state index contributed by atoms with van der Waals surface area (Å²) in [5.74, 6) is 1.87. The molecule has 2 heterocycles. The molecule has 2 aromatic carbocycles. The van der Waals surface area contributed by atoms with Crippen LogP contribution in [0.4, 0.5) is 5.69 Å². The zero-order chi connectivity index (χ0) is 21.8. The summed E-state index contributed by atoms with van der Waals surface area (Å²) >= 11 is 0. The summed E-state index contributed by atoms with van der Waals surface area (Å²) in [5, 5.41) is 7.19. The lowest BCUT2D eigenvalue weighted by atomic mass is 9.95. The minimum Gasteiger partial charge on any atom is -0.338 e. The van der Waals surface area contributed by atoms with Crippen LogP contribution in [0.25, 0.3) is 11.4 Å². The lowest BCUT2D eigenvalue weighted by Gasteiger charge is -2.30. The van der Waals surface area contributed by atoms with Crippen LogP contribution >= 0.6 is 0 Å². The van der Waals surface area contributed by atoms with Gasteiger partial charge in [0.15, 0.2) is 0 Å². The van der Waals surface area contributed by atoms with Gasteiger partial charge in [-0.3, -0.25) is 9.69 Å². The Morgan fingerprint density at radius 3 is 2.58 bits per heavy atom. The highest BCUT2D eigenvalue weighted by molar-refractivity contribution is 5.92. The first-order chi connectivity index (χ1) is 15.0. The molecule has 4 rings (SSSR count). The minimum absolute atomic E-state index is 0.0339. The Kier molecular flexibility index (Phi) is 6.47. The van der Waals surface area contributed by atoms with Crippen molar-refractivity contribution in [2.24, 2.45) is 5.92 Å². The number of anilines is 1. The number of rotatable bonds is 6. The Balaban J connectivity index is 1.27. The molecular weight excluding hydrogens is 388 g/mol. The van der Waals surface area contributed by atoms with E-state index in [-0.39, 0.29) is 11.8 Å². The molecule has 162 valence electrons. The second-order valence-corrected chi connectivity index (χ2v) is 8.70. The van der Waals surface area contributed by atoms with Crippen LogP contribution in [0.2, 0.25) is 0 Å². The number of nitrogens with one attached hydrogen (secondary N) is 1. The summed E-state index contributed by atoms with van der Waals surface area (Å²) in [6.07, 6.45) is 1.66. The Hall–Kier alpha value is -2.99. The smallest absolute Gasteiger partial charge is 0.241 e. The molecule has 0 unspecified atom stereocenters. The van der Waals surface area contributed by atoms with Crippen molar-refractivity contribution in [1.29, 1.82) is 0 Å². The molecule has 6 heteroatoms. The van der Waals surface area contributed by atoms with E-state index in [0.29, 0.717) is 24.2 Å². The van der Waals surface area contributed by atoms with Crippen molar-refractivity contribution >= 4 is 11.6 Å². The van der Waals surface area contributed by atoms with E-state index < -0.39 is 0 Å². The van der Waals surface area contributed by atoms with Crippen LogP contribution < -0.4 is 5.32 Å². The first kappa shape index (κ1) is 21.2. The maximum Gasteiger partial charge on any atom is 0.241 e. The van der Waals surface area contributed by atoms with Crippen molar-refractivity contribution in [3.05, 3.63) is 65.5 Å². The monoisotopic (exact) mass is 418 g/mol. The van der Waals surface area contributed by atoms with Crippen LogP contribution in [0, 0.1) is 12.8 Å². The van der Waals surface area contributed by atoms with E-state index in [4.69, 9.17) is 4.52 Å². The fraction of sp³-hybridized carbons (Fsp3) is 0.400. The normalized spacial score (nSPS) is 15.4. The molecule has 6 nitrogen and oxygen atoms in total. The minimum atomic E-state index is 0.0339. The number of benzene rings is 2. The molecule has 31 heavy (non-hydrogen) atoms. The highest BCUT2D eigenvalue weighted by atomic mass is 16.5. The Morgan fingerprint density at radius 2 is 1.90 bits per heavy atom. The SMILES string of the molecule is Cc1cccc(-c2noc(CN3CCC(C(=O)Nc4ccc(C(C)C)cc4)CC3)n2)c1. The van der Waals surface area contributed by atoms with Crippen molar-refractivity contribution in [1.82, 2.24) is 15.0 Å². The topological polar surface area (TPSA) is 71.3 Å². The quantitative estimate of drug-likeness (QED) is 0.609. The van der Waals surface area contributed by atoms with Crippen LogP contribution in [-0.2, 0) is 11.3 Å². The molecule has 1 saturated heterocycles. The summed E-state index contributed by atoms with van der Waals surface area (Å²) in [6.45, 7) is 8.67. The summed E-state index contributed by atoms with van der Waals surface area (Å²) in [7, 11) is 0. The molecule has 1 amide bonds. The average molecular weight is 419 g/mol. The zero-order valence-corrected chi connectivity index (χ0v) is 18.5. The van der Waals surface area contributed by atoms with Crippen molar-refractivity contribution < 1.29 is 9.32 Å². The molecule has 0 aliphatic carbocycles. The molecule has 1 fully saturated rings. The summed E-state index contributed by atoms with van der Waals surface area (Å²) in [5.41, 5.74) is 4.27. The fourth-order valence-corrected chi connectivity index (χ4v) is 3.96. The van der Waals surface area contributed by atoms with Crippen LogP contribution in [0.5, 0.6) is 0 Å². The first-order valence-electron chi connectivity index (χ1n) is 11.0. The van der Waals surface area contributed by atoms with Gasteiger partial charge < -0.3 is 9.84 Å². The number of piperidine rings is 1. The third-order valence-electron chi connectivity index (χ3n) is 5.91. The molecule has 0 radical (unpaired) electrons. The van der Waals surface area contributed by atoms with Crippen molar-refractivity contribution in [2.75, 3.05) is 18.4 Å². The molecule has 1 aromatic heterocycles. The number of hydrogen-bond donors (Lipinski definition) is 1. The van der Waals surface area contributed by atoms with Crippen LogP contribution in [0.1, 0.15) is 49.6 Å². The molecule has 0 bridgehead atoms. The van der Waals surface area contributed by atoms with Crippen LogP contribution in [0.3, 0.4) is 0 Å². The number of aryl methyl sites for hydroxylation is 1. The molecule has 1 aliphatic rings. The molecule has 0 spiro atoms. The van der Waals surface area contributed by atoms with Gasteiger partial charge in [-0.25, -0.2) is 0 Å².